The molecule has 0 saturated heterocycles. The Balaban J connectivity index is 3.31. The maximum atomic E-state index is 9.41. The fraction of sp³-hybridized carbons (Fsp3) is 1.00. The van der Waals surface area contributed by atoms with E-state index in [0.717, 1.165) is 5.92 Å². The average Bonchev–Trinajstić information content (AvgIpc) is 2.28. The predicted octanol–water partition coefficient (Wildman–Crippen LogP) is 5.17. The first-order valence-corrected chi connectivity index (χ1v) is 7.76. The topological polar surface area (TPSA) is 20.2 Å². The van der Waals surface area contributed by atoms with Crippen LogP contribution in [0.15, 0.2) is 0 Å². The summed E-state index contributed by atoms with van der Waals surface area (Å²) in [5, 5.41) is 9.41. The zero-order chi connectivity index (χ0) is 13.1. The largest absolute Gasteiger partial charge is 0.393 e. The van der Waals surface area contributed by atoms with Crippen molar-refractivity contribution in [2.75, 3.05) is 0 Å². The molecule has 0 spiro atoms. The summed E-state index contributed by atoms with van der Waals surface area (Å²) in [7, 11) is 0. The van der Waals surface area contributed by atoms with Gasteiger partial charge in [-0.05, 0) is 25.2 Å². The zero-order valence-electron chi connectivity index (χ0n) is 12.5. The molecule has 0 aromatic carbocycles. The molecular weight excluding hydrogens is 208 g/mol. The highest BCUT2D eigenvalue weighted by molar-refractivity contribution is 4.61. The lowest BCUT2D eigenvalue weighted by Crippen LogP contribution is -2.13. The molecule has 0 aromatic rings. The van der Waals surface area contributed by atoms with Crippen molar-refractivity contribution in [3.63, 3.8) is 0 Å². The number of aliphatic hydroxyl groups is 1. The summed E-state index contributed by atoms with van der Waals surface area (Å²) < 4.78 is 0. The lowest BCUT2D eigenvalue weighted by molar-refractivity contribution is 0.127. The van der Waals surface area contributed by atoms with Crippen molar-refractivity contribution in [3.8, 4) is 0 Å². The van der Waals surface area contributed by atoms with Crippen LogP contribution in [0.1, 0.15) is 85.5 Å². The molecule has 0 radical (unpaired) electrons. The summed E-state index contributed by atoms with van der Waals surface area (Å²) in [6.45, 7) is 8.71. The van der Waals surface area contributed by atoms with Crippen LogP contribution in [0.25, 0.3) is 0 Å². The molecule has 0 unspecified atom stereocenters. The van der Waals surface area contributed by atoms with Crippen LogP contribution < -0.4 is 0 Å². The summed E-state index contributed by atoms with van der Waals surface area (Å²) in [6, 6.07) is 0. The van der Waals surface area contributed by atoms with Crippen molar-refractivity contribution in [1.29, 1.82) is 0 Å². The van der Waals surface area contributed by atoms with Crippen LogP contribution in [0.4, 0.5) is 0 Å². The van der Waals surface area contributed by atoms with Crippen LogP contribution in [0.3, 0.4) is 0 Å². The Morgan fingerprint density at radius 1 is 0.765 bits per heavy atom. The molecule has 0 aliphatic rings. The first-order valence-electron chi connectivity index (χ1n) is 7.76. The average molecular weight is 242 g/mol. The van der Waals surface area contributed by atoms with Crippen molar-refractivity contribution in [2.45, 2.75) is 91.6 Å². The molecule has 0 bridgehead atoms. The standard InChI is InChI=1S/C16H34O/c1-5-6-7-8-9-11-14(2)12-10-13-15(3)16(4)17/h14-17H,5-13H2,1-4H3/t14-,15+,16-/m1/s1. The number of aliphatic hydroxyl groups excluding tert-OH is 1. The Morgan fingerprint density at radius 2 is 1.35 bits per heavy atom. The van der Waals surface area contributed by atoms with Crippen LogP contribution >= 0.6 is 0 Å². The number of unbranched alkanes of at least 4 members (excludes halogenated alkanes) is 4. The number of hydrogen-bond acceptors (Lipinski definition) is 1. The predicted molar refractivity (Wildman–Crippen MR) is 77.2 cm³/mol. The minimum atomic E-state index is -0.139. The van der Waals surface area contributed by atoms with Gasteiger partial charge in [0.15, 0.2) is 0 Å². The Morgan fingerprint density at radius 3 is 1.94 bits per heavy atom. The fourth-order valence-corrected chi connectivity index (χ4v) is 2.27. The van der Waals surface area contributed by atoms with E-state index >= 15 is 0 Å². The minimum Gasteiger partial charge on any atom is -0.393 e. The lowest BCUT2D eigenvalue weighted by Gasteiger charge is -2.16. The molecule has 0 fully saturated rings. The molecule has 0 saturated carbocycles. The van der Waals surface area contributed by atoms with Crippen molar-refractivity contribution in [2.24, 2.45) is 11.8 Å². The van der Waals surface area contributed by atoms with Gasteiger partial charge < -0.3 is 5.11 Å². The third kappa shape index (κ3) is 10.8. The van der Waals surface area contributed by atoms with Crippen molar-refractivity contribution in [1.82, 2.24) is 0 Å². The second-order valence-corrected chi connectivity index (χ2v) is 5.96. The molecule has 1 N–H and O–H groups in total. The number of rotatable bonds is 11. The van der Waals surface area contributed by atoms with E-state index in [-0.39, 0.29) is 6.10 Å². The molecule has 0 aliphatic carbocycles. The monoisotopic (exact) mass is 242 g/mol. The Hall–Kier alpha value is -0.0400. The van der Waals surface area contributed by atoms with E-state index in [0.29, 0.717) is 5.92 Å². The van der Waals surface area contributed by atoms with E-state index < -0.39 is 0 Å². The third-order valence-corrected chi connectivity index (χ3v) is 3.98. The van der Waals surface area contributed by atoms with Gasteiger partial charge in [-0.25, -0.2) is 0 Å². The van der Waals surface area contributed by atoms with Crippen LogP contribution in [-0.4, -0.2) is 11.2 Å². The first kappa shape index (κ1) is 17.0. The van der Waals surface area contributed by atoms with Crippen LogP contribution in [0.5, 0.6) is 0 Å². The molecule has 0 heterocycles. The highest BCUT2D eigenvalue weighted by Gasteiger charge is 2.09. The molecule has 0 aliphatic heterocycles. The molecule has 1 heteroatoms. The first-order chi connectivity index (χ1) is 8.07. The lowest BCUT2D eigenvalue weighted by atomic mass is 9.93. The van der Waals surface area contributed by atoms with Gasteiger partial charge in [-0.2, -0.15) is 0 Å². The van der Waals surface area contributed by atoms with Crippen LogP contribution in [0, 0.1) is 11.8 Å². The Labute approximate surface area is 109 Å². The van der Waals surface area contributed by atoms with E-state index in [1.165, 1.54) is 57.8 Å². The van der Waals surface area contributed by atoms with Gasteiger partial charge in [0.05, 0.1) is 6.10 Å². The van der Waals surface area contributed by atoms with E-state index in [1.54, 1.807) is 0 Å². The summed E-state index contributed by atoms with van der Waals surface area (Å²) in [6.07, 6.45) is 12.0. The van der Waals surface area contributed by atoms with Crippen LogP contribution in [0.2, 0.25) is 0 Å². The molecule has 104 valence electrons. The van der Waals surface area contributed by atoms with Gasteiger partial charge in [0, 0.05) is 0 Å². The maximum absolute atomic E-state index is 9.41. The smallest absolute Gasteiger partial charge is 0.0537 e. The third-order valence-electron chi connectivity index (χ3n) is 3.98. The normalized spacial score (nSPS) is 16.8. The van der Waals surface area contributed by atoms with Gasteiger partial charge in [0.25, 0.3) is 0 Å². The van der Waals surface area contributed by atoms with Gasteiger partial charge in [-0.15, -0.1) is 0 Å². The fourth-order valence-electron chi connectivity index (χ4n) is 2.27. The summed E-state index contributed by atoms with van der Waals surface area (Å²) >= 11 is 0. The second-order valence-electron chi connectivity index (χ2n) is 5.96. The van der Waals surface area contributed by atoms with E-state index in [1.807, 2.05) is 6.92 Å². The van der Waals surface area contributed by atoms with Gasteiger partial charge in [0.2, 0.25) is 0 Å². The van der Waals surface area contributed by atoms with Gasteiger partial charge in [-0.1, -0.05) is 72.1 Å². The van der Waals surface area contributed by atoms with E-state index in [4.69, 9.17) is 0 Å². The maximum Gasteiger partial charge on any atom is 0.0537 e. The summed E-state index contributed by atoms with van der Waals surface area (Å²) in [5.41, 5.74) is 0. The van der Waals surface area contributed by atoms with Gasteiger partial charge in [0.1, 0.15) is 0 Å². The summed E-state index contributed by atoms with van der Waals surface area (Å²) in [4.78, 5) is 0. The highest BCUT2D eigenvalue weighted by atomic mass is 16.3. The molecular formula is C16H34O. The second kappa shape index (κ2) is 11.1. The van der Waals surface area contributed by atoms with E-state index in [2.05, 4.69) is 20.8 Å². The Bertz CT molecular complexity index is 154. The molecule has 0 rings (SSSR count). The zero-order valence-corrected chi connectivity index (χ0v) is 12.5. The molecule has 0 aromatic heterocycles. The number of hydrogen-bond donors (Lipinski definition) is 1. The van der Waals surface area contributed by atoms with Crippen molar-refractivity contribution in [3.05, 3.63) is 0 Å². The van der Waals surface area contributed by atoms with Gasteiger partial charge >= 0.3 is 0 Å². The van der Waals surface area contributed by atoms with Crippen molar-refractivity contribution < 1.29 is 5.11 Å². The molecule has 3 atom stereocenters. The molecule has 1 nitrogen and oxygen atoms in total. The van der Waals surface area contributed by atoms with Crippen molar-refractivity contribution >= 4 is 0 Å². The quantitative estimate of drug-likeness (QED) is 0.496. The Kier molecular flexibility index (Phi) is 11.0. The molecule has 17 heavy (non-hydrogen) atoms. The van der Waals surface area contributed by atoms with Gasteiger partial charge in [-0.3, -0.25) is 0 Å². The molecule has 0 amide bonds. The van der Waals surface area contributed by atoms with Crippen LogP contribution in [-0.2, 0) is 0 Å². The SMILES string of the molecule is CCCCCCC[C@@H](C)CCC[C@H](C)[C@@H](C)O. The minimum absolute atomic E-state index is 0.139. The van der Waals surface area contributed by atoms with E-state index in [9.17, 15) is 5.11 Å². The summed E-state index contributed by atoms with van der Waals surface area (Å²) in [5.74, 6) is 1.34. The highest BCUT2D eigenvalue weighted by Crippen LogP contribution is 2.19.